The number of hydrogen-bond acceptors (Lipinski definition) is 3. The summed E-state index contributed by atoms with van der Waals surface area (Å²) in [4.78, 5) is 24.8. The molecule has 2 rings (SSSR count). The van der Waals surface area contributed by atoms with E-state index in [2.05, 4.69) is 10.6 Å². The first kappa shape index (κ1) is 18.8. The lowest BCUT2D eigenvalue weighted by Gasteiger charge is -2.14. The van der Waals surface area contributed by atoms with Gasteiger partial charge in [-0.3, -0.25) is 9.48 Å². The van der Waals surface area contributed by atoms with Gasteiger partial charge in [-0.05, 0) is 38.3 Å². The molecule has 0 aliphatic heterocycles. The zero-order chi connectivity index (χ0) is 18.6. The van der Waals surface area contributed by atoms with Crippen LogP contribution in [0.25, 0.3) is 5.69 Å². The van der Waals surface area contributed by atoms with Gasteiger partial charge in [-0.1, -0.05) is 25.1 Å². The Morgan fingerprint density at radius 1 is 1.24 bits per heavy atom. The highest BCUT2D eigenvalue weighted by Gasteiger charge is 2.18. The third-order valence-electron chi connectivity index (χ3n) is 4.15. The molecule has 2 atom stereocenters. The first-order chi connectivity index (χ1) is 11.8. The Morgan fingerprint density at radius 2 is 1.88 bits per heavy atom. The Labute approximate surface area is 147 Å². The quantitative estimate of drug-likeness (QED) is 0.748. The summed E-state index contributed by atoms with van der Waals surface area (Å²) >= 11 is 0. The number of aliphatic hydroxyl groups is 1. The van der Waals surface area contributed by atoms with Crippen molar-refractivity contribution in [1.82, 2.24) is 14.7 Å². The number of benzene rings is 1. The van der Waals surface area contributed by atoms with Gasteiger partial charge in [0.2, 0.25) is 0 Å². The van der Waals surface area contributed by atoms with Gasteiger partial charge in [0.05, 0.1) is 17.5 Å². The van der Waals surface area contributed by atoms with Crippen molar-refractivity contribution in [2.45, 2.75) is 33.3 Å². The fourth-order valence-corrected chi connectivity index (χ4v) is 2.80. The second-order valence-electron chi connectivity index (χ2n) is 6.46. The zero-order valence-electron chi connectivity index (χ0n) is 15.1. The fraction of sp³-hybridized carbons (Fsp3) is 0.444. The highest BCUT2D eigenvalue weighted by molar-refractivity contribution is 5.89. The maximum absolute atomic E-state index is 12.7. The van der Waals surface area contributed by atoms with E-state index in [-0.39, 0.29) is 17.2 Å². The van der Waals surface area contributed by atoms with E-state index in [9.17, 15) is 14.7 Å². The number of urea groups is 1. The van der Waals surface area contributed by atoms with Gasteiger partial charge in [-0.15, -0.1) is 0 Å². The highest BCUT2D eigenvalue weighted by atomic mass is 16.3. The summed E-state index contributed by atoms with van der Waals surface area (Å²) in [5.41, 5.74) is 1.38. The van der Waals surface area contributed by atoms with Crippen molar-refractivity contribution < 1.29 is 9.90 Å². The van der Waals surface area contributed by atoms with Gasteiger partial charge in [0.1, 0.15) is 5.69 Å². The molecule has 0 aliphatic carbocycles. The molecule has 0 radical (unpaired) electrons. The van der Waals surface area contributed by atoms with Crippen molar-refractivity contribution in [2.24, 2.45) is 13.0 Å². The fourth-order valence-electron chi connectivity index (χ4n) is 2.80. The molecule has 2 aromatic rings. The largest absolute Gasteiger partial charge is 0.393 e. The average Bonchev–Trinajstić information content (AvgIpc) is 2.77. The van der Waals surface area contributed by atoms with Crippen LogP contribution >= 0.6 is 0 Å². The normalized spacial score (nSPS) is 13.3. The summed E-state index contributed by atoms with van der Waals surface area (Å²) < 4.78 is 3.23. The molecular formula is C18H26N4O3. The Balaban J connectivity index is 2.13. The summed E-state index contributed by atoms with van der Waals surface area (Å²) in [6.45, 7) is 5.88. The minimum absolute atomic E-state index is 0.142. The number of nitrogens with zero attached hydrogens (tertiary/aromatic N) is 2. The number of rotatable bonds is 6. The minimum Gasteiger partial charge on any atom is -0.393 e. The molecular weight excluding hydrogens is 320 g/mol. The summed E-state index contributed by atoms with van der Waals surface area (Å²) in [7, 11) is 1.78. The molecule has 0 fully saturated rings. The van der Waals surface area contributed by atoms with E-state index >= 15 is 0 Å². The van der Waals surface area contributed by atoms with Crippen LogP contribution in [-0.2, 0) is 7.05 Å². The number of hydrogen-bond donors (Lipinski definition) is 3. The summed E-state index contributed by atoms with van der Waals surface area (Å²) in [6, 6.07) is 8.83. The van der Waals surface area contributed by atoms with Crippen molar-refractivity contribution >= 4 is 11.7 Å². The van der Waals surface area contributed by atoms with Gasteiger partial charge in [-0.2, -0.15) is 0 Å². The lowest BCUT2D eigenvalue weighted by Crippen LogP contribution is -2.34. The predicted molar refractivity (Wildman–Crippen MR) is 98.2 cm³/mol. The number of amides is 2. The monoisotopic (exact) mass is 346 g/mol. The molecule has 1 aromatic carbocycles. The predicted octanol–water partition coefficient (Wildman–Crippen LogP) is 2.01. The molecule has 7 nitrogen and oxygen atoms in total. The molecule has 1 heterocycles. The van der Waals surface area contributed by atoms with Gasteiger partial charge in [0, 0.05) is 13.6 Å². The first-order valence-electron chi connectivity index (χ1n) is 8.38. The van der Waals surface area contributed by atoms with E-state index in [1.165, 1.54) is 4.68 Å². The van der Waals surface area contributed by atoms with Gasteiger partial charge in [0.25, 0.3) is 5.56 Å². The van der Waals surface area contributed by atoms with E-state index in [1.807, 2.05) is 37.3 Å². The number of aromatic nitrogens is 2. The number of para-hydroxylation sites is 1. The Bertz CT molecular complexity index is 778. The summed E-state index contributed by atoms with van der Waals surface area (Å²) in [6.07, 6.45) is 0.195. The van der Waals surface area contributed by atoms with E-state index in [1.54, 1.807) is 25.6 Å². The van der Waals surface area contributed by atoms with Crippen LogP contribution in [0.2, 0.25) is 0 Å². The van der Waals surface area contributed by atoms with Crippen molar-refractivity contribution in [3.05, 3.63) is 46.4 Å². The van der Waals surface area contributed by atoms with Crippen molar-refractivity contribution in [3.8, 4) is 5.69 Å². The lowest BCUT2D eigenvalue weighted by atomic mass is 10.1. The minimum atomic E-state index is -0.427. The van der Waals surface area contributed by atoms with Crippen LogP contribution in [0.4, 0.5) is 10.5 Å². The van der Waals surface area contributed by atoms with Crippen LogP contribution in [0, 0.1) is 12.8 Å². The molecule has 0 bridgehead atoms. The molecule has 0 spiro atoms. The van der Waals surface area contributed by atoms with E-state index < -0.39 is 12.1 Å². The van der Waals surface area contributed by atoms with Crippen LogP contribution in [0.1, 0.15) is 26.0 Å². The molecule has 0 aliphatic rings. The van der Waals surface area contributed by atoms with E-state index in [4.69, 9.17) is 0 Å². The average molecular weight is 346 g/mol. The number of nitrogens with one attached hydrogen (secondary N) is 2. The lowest BCUT2D eigenvalue weighted by molar-refractivity contribution is 0.163. The molecule has 25 heavy (non-hydrogen) atoms. The third-order valence-corrected chi connectivity index (χ3v) is 4.15. The number of carbonyl (C=O) groups is 1. The smallest absolute Gasteiger partial charge is 0.319 e. The Morgan fingerprint density at radius 3 is 2.48 bits per heavy atom. The van der Waals surface area contributed by atoms with Crippen LogP contribution < -0.4 is 16.2 Å². The molecule has 136 valence electrons. The zero-order valence-corrected chi connectivity index (χ0v) is 15.1. The van der Waals surface area contributed by atoms with Gasteiger partial charge >= 0.3 is 6.03 Å². The Hall–Kier alpha value is -2.54. The van der Waals surface area contributed by atoms with Crippen molar-refractivity contribution in [3.63, 3.8) is 0 Å². The number of anilines is 1. The molecule has 0 saturated heterocycles. The Kier molecular flexibility index (Phi) is 6.03. The van der Waals surface area contributed by atoms with Crippen LogP contribution in [0.3, 0.4) is 0 Å². The van der Waals surface area contributed by atoms with Crippen molar-refractivity contribution in [2.75, 3.05) is 11.9 Å². The molecule has 2 amide bonds. The van der Waals surface area contributed by atoms with Crippen molar-refractivity contribution in [1.29, 1.82) is 0 Å². The van der Waals surface area contributed by atoms with Crippen LogP contribution in [-0.4, -0.2) is 33.1 Å². The van der Waals surface area contributed by atoms with Crippen LogP contribution in [0.15, 0.2) is 35.1 Å². The first-order valence-corrected chi connectivity index (χ1v) is 8.38. The van der Waals surface area contributed by atoms with Gasteiger partial charge < -0.3 is 15.7 Å². The number of aliphatic hydroxyl groups excluding tert-OH is 1. The maximum Gasteiger partial charge on any atom is 0.319 e. The topological polar surface area (TPSA) is 88.3 Å². The molecule has 2 unspecified atom stereocenters. The van der Waals surface area contributed by atoms with E-state index in [0.29, 0.717) is 18.7 Å². The standard InChI is InChI=1S/C18H26N4O3/c1-12(10-13(2)23)11-19-18(25)20-16-14(3)21(4)22(17(16)24)15-8-6-5-7-9-15/h5-9,12-13,23H,10-11H2,1-4H3,(H2,19,20,25). The summed E-state index contributed by atoms with van der Waals surface area (Å²) in [5.74, 6) is 0.142. The molecule has 1 aromatic heterocycles. The SMILES string of the molecule is Cc1c(NC(=O)NCC(C)CC(C)O)c(=O)n(-c2ccccc2)n1C. The third kappa shape index (κ3) is 4.51. The number of carbonyl (C=O) groups excluding carboxylic acids is 1. The summed E-state index contributed by atoms with van der Waals surface area (Å²) in [5, 5.41) is 14.8. The van der Waals surface area contributed by atoms with Crippen LogP contribution in [0.5, 0.6) is 0 Å². The van der Waals surface area contributed by atoms with Gasteiger partial charge in [0.15, 0.2) is 0 Å². The second-order valence-corrected chi connectivity index (χ2v) is 6.46. The highest BCUT2D eigenvalue weighted by Crippen LogP contribution is 2.13. The van der Waals surface area contributed by atoms with Gasteiger partial charge in [-0.25, -0.2) is 9.48 Å². The second kappa shape index (κ2) is 8.02. The molecule has 3 N–H and O–H groups in total. The van der Waals surface area contributed by atoms with E-state index in [0.717, 1.165) is 5.69 Å². The molecule has 0 saturated carbocycles. The molecule has 7 heteroatoms. The maximum atomic E-state index is 12.7.